The number of hydrogen-bond acceptors (Lipinski definition) is 7. The third-order valence-corrected chi connectivity index (χ3v) is 11.9. The van der Waals surface area contributed by atoms with Crippen molar-refractivity contribution in [1.82, 2.24) is 23.5 Å². The van der Waals surface area contributed by atoms with Crippen molar-refractivity contribution in [2.75, 3.05) is 6.61 Å². The molecule has 4 aliphatic rings. The van der Waals surface area contributed by atoms with Crippen molar-refractivity contribution in [1.29, 1.82) is 0 Å². The van der Waals surface area contributed by atoms with Crippen LogP contribution in [0.2, 0.25) is 0 Å². The summed E-state index contributed by atoms with van der Waals surface area (Å²) in [6, 6.07) is 3.19. The van der Waals surface area contributed by atoms with Gasteiger partial charge in [0.25, 0.3) is 0 Å². The van der Waals surface area contributed by atoms with Gasteiger partial charge in [-0.3, -0.25) is 4.79 Å². The Hall–Kier alpha value is -3.57. The summed E-state index contributed by atoms with van der Waals surface area (Å²) in [4.78, 5) is 26.9. The molecule has 8 rings (SSSR count). The molecule has 4 aromatic heterocycles. The topological polar surface area (TPSA) is 109 Å². The van der Waals surface area contributed by atoms with Gasteiger partial charge >= 0.3 is 5.97 Å². The van der Waals surface area contributed by atoms with Gasteiger partial charge in [0, 0.05) is 40.8 Å². The zero-order valence-corrected chi connectivity index (χ0v) is 25.4. The molecular weight excluding hydrogens is 593 g/mol. The molecule has 3 saturated carbocycles. The van der Waals surface area contributed by atoms with Gasteiger partial charge in [0.2, 0.25) is 10.0 Å². The van der Waals surface area contributed by atoms with Gasteiger partial charge in [-0.1, -0.05) is 17.7 Å². The first kappa shape index (κ1) is 28.2. The van der Waals surface area contributed by atoms with Gasteiger partial charge in [0.05, 0.1) is 24.0 Å². The molecule has 3 atom stereocenters. The molecule has 0 aromatic carbocycles. The van der Waals surface area contributed by atoms with E-state index in [0.29, 0.717) is 21.6 Å². The molecule has 4 aromatic rings. The first-order valence-corrected chi connectivity index (χ1v) is 16.4. The maximum Gasteiger partial charge on any atom is 0.311 e. The summed E-state index contributed by atoms with van der Waals surface area (Å²) >= 11 is 6.22. The second-order valence-electron chi connectivity index (χ2n) is 11.9. The molecular formula is C31H31ClFN5O4S. The van der Waals surface area contributed by atoms with Crippen LogP contribution in [0.5, 0.6) is 0 Å². The quantitative estimate of drug-likeness (QED) is 0.237. The summed E-state index contributed by atoms with van der Waals surface area (Å²) in [5.74, 6) is -0.521. The lowest BCUT2D eigenvalue weighted by atomic mass is 9.61. The summed E-state index contributed by atoms with van der Waals surface area (Å²) in [5.41, 5.74) is 1.04. The van der Waals surface area contributed by atoms with Crippen LogP contribution >= 0.6 is 11.6 Å². The predicted octanol–water partition coefficient (Wildman–Crippen LogP) is 6.15. The highest BCUT2D eigenvalue weighted by atomic mass is 35.5. The van der Waals surface area contributed by atoms with Crippen molar-refractivity contribution in [3.8, 4) is 11.4 Å². The Morgan fingerprint density at radius 3 is 2.65 bits per heavy atom. The Balaban J connectivity index is 1.38. The molecule has 0 radical (unpaired) electrons. The number of nitrogens with zero attached hydrogens (tertiary/aromatic N) is 5. The largest absolute Gasteiger partial charge is 0.466 e. The van der Waals surface area contributed by atoms with Crippen LogP contribution in [-0.2, 0) is 19.6 Å². The highest BCUT2D eigenvalue weighted by molar-refractivity contribution is 7.91. The molecule has 3 fully saturated rings. The number of halogens is 2. The van der Waals surface area contributed by atoms with E-state index in [-0.39, 0.29) is 59.7 Å². The second kappa shape index (κ2) is 10.3. The molecule has 224 valence electrons. The lowest BCUT2D eigenvalue weighted by Crippen LogP contribution is -2.45. The van der Waals surface area contributed by atoms with E-state index in [4.69, 9.17) is 21.3 Å². The van der Waals surface area contributed by atoms with Crippen LogP contribution in [0.4, 0.5) is 4.39 Å². The zero-order chi connectivity index (χ0) is 30.1. The van der Waals surface area contributed by atoms with Crippen LogP contribution < -0.4 is 0 Å². The van der Waals surface area contributed by atoms with Gasteiger partial charge in [-0.05, 0) is 82.1 Å². The van der Waals surface area contributed by atoms with Crippen molar-refractivity contribution in [3.63, 3.8) is 0 Å². The molecule has 4 heterocycles. The van der Waals surface area contributed by atoms with Crippen LogP contribution in [0.15, 0.2) is 60.2 Å². The maximum atomic E-state index is 15.4. The number of allylic oxidation sites excluding steroid dienone is 3. The van der Waals surface area contributed by atoms with Gasteiger partial charge in [0.15, 0.2) is 17.3 Å². The molecule has 0 saturated heterocycles. The SMILES string of the molecule is CCOC(=O)[C@H]1C2CCC(CC2)[C@@H]1n1cc(F)c2cnc(-c3cn(S(=O)(=O)C4(C)C=C(Cl)C=CC4)c4ncccc34)nc21. The molecule has 9 nitrogen and oxygen atoms in total. The third-order valence-electron chi connectivity index (χ3n) is 9.44. The van der Waals surface area contributed by atoms with E-state index in [1.165, 1.54) is 34.8 Å². The summed E-state index contributed by atoms with van der Waals surface area (Å²) in [7, 11) is -4.03. The van der Waals surface area contributed by atoms with Gasteiger partial charge in [0.1, 0.15) is 10.4 Å². The first-order valence-electron chi connectivity index (χ1n) is 14.6. The monoisotopic (exact) mass is 623 g/mol. The van der Waals surface area contributed by atoms with E-state index in [1.807, 2.05) is 0 Å². The average Bonchev–Trinajstić information content (AvgIpc) is 3.55. The fraction of sp³-hybridized carbons (Fsp3) is 0.419. The van der Waals surface area contributed by atoms with Crippen molar-refractivity contribution >= 4 is 49.7 Å². The van der Waals surface area contributed by atoms with Crippen molar-refractivity contribution in [2.24, 2.45) is 17.8 Å². The minimum absolute atomic E-state index is 0.170. The Morgan fingerprint density at radius 1 is 1.14 bits per heavy atom. The number of aromatic nitrogens is 5. The Morgan fingerprint density at radius 2 is 1.91 bits per heavy atom. The highest BCUT2D eigenvalue weighted by Crippen LogP contribution is 2.52. The van der Waals surface area contributed by atoms with Crippen molar-refractivity contribution in [2.45, 2.75) is 56.7 Å². The van der Waals surface area contributed by atoms with Crippen LogP contribution in [0.1, 0.15) is 52.0 Å². The maximum absolute atomic E-state index is 15.4. The van der Waals surface area contributed by atoms with E-state index in [9.17, 15) is 13.2 Å². The minimum Gasteiger partial charge on any atom is -0.466 e. The Labute approximate surface area is 253 Å². The number of hydrogen-bond donors (Lipinski definition) is 0. The van der Waals surface area contributed by atoms with Gasteiger partial charge in [-0.2, -0.15) is 0 Å². The summed E-state index contributed by atoms with van der Waals surface area (Å²) in [6.45, 7) is 3.70. The smallest absolute Gasteiger partial charge is 0.311 e. The van der Waals surface area contributed by atoms with E-state index < -0.39 is 20.6 Å². The van der Waals surface area contributed by atoms with E-state index in [2.05, 4.69) is 9.97 Å². The van der Waals surface area contributed by atoms with E-state index in [0.717, 1.165) is 25.7 Å². The molecule has 12 heteroatoms. The fourth-order valence-corrected chi connectivity index (χ4v) is 9.38. The first-order chi connectivity index (χ1) is 20.6. The number of carbonyl (C=O) groups is 1. The predicted molar refractivity (Wildman–Crippen MR) is 161 cm³/mol. The lowest BCUT2D eigenvalue weighted by molar-refractivity contribution is -0.157. The van der Waals surface area contributed by atoms with Gasteiger partial charge in [-0.25, -0.2) is 31.7 Å². The fourth-order valence-electron chi connectivity index (χ4n) is 7.34. The molecule has 1 unspecified atom stereocenters. The highest BCUT2D eigenvalue weighted by Gasteiger charge is 2.49. The van der Waals surface area contributed by atoms with Crippen LogP contribution in [0.25, 0.3) is 33.5 Å². The molecule has 2 bridgehead atoms. The van der Waals surface area contributed by atoms with Gasteiger partial charge in [-0.15, -0.1) is 0 Å². The standard InChI is InChI=1S/C31H31ClFN5O4S/c1-3-42-30(39)25-18-8-10-19(11-9-18)26(25)37-17-24(33)22-15-35-27(36-29(22)37)23-16-38(28-21(23)7-5-13-34-28)43(40,41)31(2)12-4-6-20(32)14-31/h4-7,13-19,25-26H,3,8-12H2,1-2H3/t18?,19?,25-,26-,31?/m0/s1. The molecule has 0 amide bonds. The number of fused-ring (bicyclic) bond motifs is 5. The van der Waals surface area contributed by atoms with Crippen molar-refractivity contribution < 1.29 is 22.3 Å². The van der Waals surface area contributed by atoms with E-state index >= 15 is 4.39 Å². The number of ether oxygens (including phenoxy) is 1. The minimum atomic E-state index is -4.03. The zero-order valence-electron chi connectivity index (χ0n) is 23.8. The molecule has 0 N–H and O–H groups in total. The van der Waals surface area contributed by atoms with Crippen LogP contribution in [-0.4, -0.2) is 49.2 Å². The summed E-state index contributed by atoms with van der Waals surface area (Å²) < 4.78 is 50.6. The van der Waals surface area contributed by atoms with E-state index in [1.54, 1.807) is 42.7 Å². The summed E-state index contributed by atoms with van der Waals surface area (Å²) in [5, 5.41) is 1.12. The second-order valence-corrected chi connectivity index (χ2v) is 14.6. The van der Waals surface area contributed by atoms with Crippen LogP contribution in [0, 0.1) is 23.6 Å². The third kappa shape index (κ3) is 4.34. The lowest BCUT2D eigenvalue weighted by Gasteiger charge is -2.47. The Bertz CT molecular complexity index is 1940. The average molecular weight is 624 g/mol. The number of rotatable bonds is 6. The number of pyridine rings is 1. The Kier molecular flexibility index (Phi) is 6.73. The van der Waals surface area contributed by atoms with Crippen molar-refractivity contribution in [3.05, 3.63) is 66.0 Å². The molecule has 0 spiro atoms. The molecule has 0 aliphatic heterocycles. The van der Waals surface area contributed by atoms with Gasteiger partial charge < -0.3 is 9.30 Å². The summed E-state index contributed by atoms with van der Waals surface area (Å²) in [6.07, 6.45) is 14.8. The normalized spacial score (nSPS) is 27.1. The molecule has 4 aliphatic carbocycles. The molecule has 43 heavy (non-hydrogen) atoms. The van der Waals surface area contributed by atoms with Crippen LogP contribution in [0.3, 0.4) is 0 Å². The number of esters is 1. The number of carbonyl (C=O) groups excluding carboxylic acids is 1.